The number of aryl methyl sites for hydroxylation is 1. The maximum atomic E-state index is 13.5. The Morgan fingerprint density at radius 2 is 1.86 bits per heavy atom. The average Bonchev–Trinajstić information content (AvgIpc) is 2.70. The lowest BCUT2D eigenvalue weighted by molar-refractivity contribution is 0.284. The van der Waals surface area contributed by atoms with Crippen molar-refractivity contribution in [3.05, 3.63) is 94.8 Å². The zero-order valence-corrected chi connectivity index (χ0v) is 15.8. The Labute approximate surface area is 164 Å². The van der Waals surface area contributed by atoms with Gasteiger partial charge in [-0.3, -0.25) is 0 Å². The van der Waals surface area contributed by atoms with E-state index in [-0.39, 0.29) is 5.82 Å². The molecule has 0 bridgehead atoms. The molecule has 0 saturated carbocycles. The van der Waals surface area contributed by atoms with E-state index in [1.165, 1.54) is 17.7 Å². The van der Waals surface area contributed by atoms with Gasteiger partial charge in [0.25, 0.3) is 0 Å². The second-order valence-electron chi connectivity index (χ2n) is 6.37. The fourth-order valence-electron chi connectivity index (χ4n) is 2.86. The minimum Gasteiger partial charge on any atom is -0.493 e. The molecule has 0 N–H and O–H groups in total. The summed E-state index contributed by atoms with van der Waals surface area (Å²) in [5, 5.41) is 9.45. The minimum atomic E-state index is -0.379. The van der Waals surface area contributed by atoms with Gasteiger partial charge >= 0.3 is 0 Å². The van der Waals surface area contributed by atoms with E-state index in [0.29, 0.717) is 29.2 Å². The summed E-state index contributed by atoms with van der Waals surface area (Å²) in [5.74, 6) is 0.805. The van der Waals surface area contributed by atoms with Gasteiger partial charge in [0.1, 0.15) is 12.4 Å². The first kappa shape index (κ1) is 19.2. The topological polar surface area (TPSA) is 42.2 Å². The molecule has 0 aliphatic carbocycles. The molecule has 3 rings (SSSR count). The highest BCUT2D eigenvalue weighted by atomic mass is 19.1. The molecule has 0 atom stereocenters. The molecule has 0 fully saturated rings. The quantitative estimate of drug-likeness (QED) is 0.406. The maximum Gasteiger partial charge on any atom is 0.161 e. The van der Waals surface area contributed by atoms with Crippen molar-refractivity contribution in [3.8, 4) is 17.6 Å². The first-order valence-corrected chi connectivity index (χ1v) is 8.83. The summed E-state index contributed by atoms with van der Waals surface area (Å²) in [6, 6.07) is 21.6. The third-order valence-corrected chi connectivity index (χ3v) is 4.23. The van der Waals surface area contributed by atoms with E-state index in [9.17, 15) is 9.65 Å². The summed E-state index contributed by atoms with van der Waals surface area (Å²) in [5.41, 5.74) is 3.91. The molecular formula is C24H20FNO2. The molecule has 3 nitrogen and oxygen atoms in total. The van der Waals surface area contributed by atoms with E-state index in [0.717, 1.165) is 11.1 Å². The minimum absolute atomic E-state index is 0.370. The number of rotatable bonds is 6. The van der Waals surface area contributed by atoms with Crippen LogP contribution in [0.15, 0.2) is 66.7 Å². The van der Waals surface area contributed by atoms with Crippen LogP contribution in [0.3, 0.4) is 0 Å². The van der Waals surface area contributed by atoms with E-state index in [1.54, 1.807) is 37.5 Å². The SMILES string of the molecule is COc1cc(/C=C(/C#N)c2cccc(F)c2)ccc1OCc1cccc(C)c1. The lowest BCUT2D eigenvalue weighted by atomic mass is 10.0. The Morgan fingerprint density at radius 1 is 1.04 bits per heavy atom. The number of methoxy groups -OCH3 is 1. The van der Waals surface area contributed by atoms with Crippen molar-refractivity contribution >= 4 is 11.6 Å². The summed E-state index contributed by atoms with van der Waals surface area (Å²) in [7, 11) is 1.57. The predicted molar refractivity (Wildman–Crippen MR) is 108 cm³/mol. The molecule has 28 heavy (non-hydrogen) atoms. The van der Waals surface area contributed by atoms with Gasteiger partial charge in [0.05, 0.1) is 18.8 Å². The number of benzene rings is 3. The van der Waals surface area contributed by atoms with Gasteiger partial charge in [0.15, 0.2) is 11.5 Å². The Morgan fingerprint density at radius 3 is 2.57 bits per heavy atom. The first-order chi connectivity index (χ1) is 13.6. The maximum absolute atomic E-state index is 13.5. The van der Waals surface area contributed by atoms with Crippen LogP contribution in [0, 0.1) is 24.1 Å². The number of hydrogen-bond donors (Lipinski definition) is 0. The molecule has 0 amide bonds. The third kappa shape index (κ3) is 4.77. The number of nitriles is 1. The molecule has 0 radical (unpaired) electrons. The number of halogens is 1. The van der Waals surface area contributed by atoms with Gasteiger partial charge in [-0.1, -0.05) is 48.0 Å². The lowest BCUT2D eigenvalue weighted by Crippen LogP contribution is -1.98. The van der Waals surface area contributed by atoms with Crippen LogP contribution in [0.5, 0.6) is 11.5 Å². The summed E-state index contributed by atoms with van der Waals surface area (Å²) >= 11 is 0. The molecule has 0 unspecified atom stereocenters. The fourth-order valence-corrected chi connectivity index (χ4v) is 2.86. The molecule has 0 saturated heterocycles. The molecule has 140 valence electrons. The smallest absolute Gasteiger partial charge is 0.161 e. The third-order valence-electron chi connectivity index (χ3n) is 4.23. The number of allylic oxidation sites excluding steroid dienone is 1. The number of ether oxygens (including phenoxy) is 2. The molecule has 0 aliphatic rings. The molecule has 4 heteroatoms. The van der Waals surface area contributed by atoms with Crippen LogP contribution in [0.4, 0.5) is 4.39 Å². The van der Waals surface area contributed by atoms with E-state index in [1.807, 2.05) is 31.2 Å². The highest BCUT2D eigenvalue weighted by molar-refractivity contribution is 5.89. The Balaban J connectivity index is 1.83. The van der Waals surface area contributed by atoms with Gasteiger partial charge in [-0.15, -0.1) is 0 Å². The zero-order valence-electron chi connectivity index (χ0n) is 15.8. The van der Waals surface area contributed by atoms with Crippen molar-refractivity contribution in [3.63, 3.8) is 0 Å². The second-order valence-corrected chi connectivity index (χ2v) is 6.37. The van der Waals surface area contributed by atoms with Crippen LogP contribution < -0.4 is 9.47 Å². The highest BCUT2D eigenvalue weighted by Crippen LogP contribution is 2.30. The Bertz CT molecular complexity index is 1050. The largest absolute Gasteiger partial charge is 0.493 e. The molecule has 3 aromatic rings. The van der Waals surface area contributed by atoms with Gasteiger partial charge in [0, 0.05) is 0 Å². The van der Waals surface area contributed by atoms with Crippen LogP contribution in [0.2, 0.25) is 0 Å². The van der Waals surface area contributed by atoms with Crippen LogP contribution in [0.1, 0.15) is 22.3 Å². The second kappa shape index (κ2) is 8.88. The van der Waals surface area contributed by atoms with E-state index < -0.39 is 0 Å². The van der Waals surface area contributed by atoms with Gasteiger partial charge in [-0.25, -0.2) is 4.39 Å². The predicted octanol–water partition coefficient (Wildman–Crippen LogP) is 5.79. The van der Waals surface area contributed by atoms with E-state index >= 15 is 0 Å². The van der Waals surface area contributed by atoms with E-state index in [4.69, 9.17) is 9.47 Å². The summed E-state index contributed by atoms with van der Waals surface area (Å²) in [6.45, 7) is 2.47. The number of hydrogen-bond acceptors (Lipinski definition) is 3. The fraction of sp³-hybridized carbons (Fsp3) is 0.125. The summed E-state index contributed by atoms with van der Waals surface area (Å²) < 4.78 is 24.8. The summed E-state index contributed by atoms with van der Waals surface area (Å²) in [6.07, 6.45) is 1.70. The van der Waals surface area contributed by atoms with Crippen LogP contribution >= 0.6 is 0 Å². The lowest BCUT2D eigenvalue weighted by Gasteiger charge is -2.12. The van der Waals surface area contributed by atoms with Gasteiger partial charge < -0.3 is 9.47 Å². The van der Waals surface area contributed by atoms with Gasteiger partial charge in [0.2, 0.25) is 0 Å². The molecule has 0 aliphatic heterocycles. The number of nitrogens with zero attached hydrogens (tertiary/aromatic N) is 1. The van der Waals surface area contributed by atoms with Gasteiger partial charge in [-0.2, -0.15) is 5.26 Å². The van der Waals surface area contributed by atoms with Gasteiger partial charge in [-0.05, 0) is 54.0 Å². The van der Waals surface area contributed by atoms with Crippen molar-refractivity contribution in [2.75, 3.05) is 7.11 Å². The standard InChI is InChI=1S/C24H20FNO2/c1-17-5-3-6-19(11-17)16-28-23-10-9-18(13-24(23)27-2)12-21(15-26)20-7-4-8-22(25)14-20/h3-14H,16H2,1-2H3/b21-12-. The molecule has 0 spiro atoms. The van der Waals surface area contributed by atoms with Crippen molar-refractivity contribution in [2.45, 2.75) is 13.5 Å². The Hall–Kier alpha value is -3.58. The normalized spacial score (nSPS) is 11.0. The average molecular weight is 373 g/mol. The molecule has 0 aromatic heterocycles. The molecule has 0 heterocycles. The van der Waals surface area contributed by atoms with Crippen LogP contribution in [-0.2, 0) is 6.61 Å². The monoisotopic (exact) mass is 373 g/mol. The van der Waals surface area contributed by atoms with Crippen molar-refractivity contribution in [2.24, 2.45) is 0 Å². The first-order valence-electron chi connectivity index (χ1n) is 8.83. The zero-order chi connectivity index (χ0) is 19.9. The molecular weight excluding hydrogens is 353 g/mol. The summed E-state index contributed by atoms with van der Waals surface area (Å²) in [4.78, 5) is 0. The van der Waals surface area contributed by atoms with Crippen molar-refractivity contribution in [1.82, 2.24) is 0 Å². The molecule has 3 aromatic carbocycles. The van der Waals surface area contributed by atoms with E-state index in [2.05, 4.69) is 12.1 Å². The Kier molecular flexibility index (Phi) is 6.08. The van der Waals surface area contributed by atoms with Crippen LogP contribution in [-0.4, -0.2) is 7.11 Å². The highest BCUT2D eigenvalue weighted by Gasteiger charge is 2.08. The van der Waals surface area contributed by atoms with Crippen LogP contribution in [0.25, 0.3) is 11.6 Å². The van der Waals surface area contributed by atoms with Crippen molar-refractivity contribution in [1.29, 1.82) is 5.26 Å². The van der Waals surface area contributed by atoms with Crippen molar-refractivity contribution < 1.29 is 13.9 Å².